The van der Waals surface area contributed by atoms with E-state index in [2.05, 4.69) is 17.0 Å². The first-order valence-corrected chi connectivity index (χ1v) is 13.9. The highest BCUT2D eigenvalue weighted by Crippen LogP contribution is 2.32. The molecule has 0 atom stereocenters. The number of benzene rings is 3. The van der Waals surface area contributed by atoms with Crippen LogP contribution in [0.5, 0.6) is 11.5 Å². The van der Waals surface area contributed by atoms with Gasteiger partial charge in [-0.25, -0.2) is 4.68 Å². The molecule has 40 heavy (non-hydrogen) atoms. The van der Waals surface area contributed by atoms with Gasteiger partial charge in [0.15, 0.2) is 5.82 Å². The maximum atomic E-state index is 13.4. The van der Waals surface area contributed by atoms with Crippen LogP contribution in [0.3, 0.4) is 0 Å². The molecule has 0 saturated heterocycles. The van der Waals surface area contributed by atoms with Gasteiger partial charge in [0.2, 0.25) is 4.96 Å². The monoisotopic (exact) mass is 569 g/mol. The van der Waals surface area contributed by atoms with Gasteiger partial charge in [0.25, 0.3) is 5.56 Å². The smallest absolute Gasteiger partial charge is 0.291 e. The number of nitrogens with zero attached hydrogens (tertiary/aromatic N) is 5. The van der Waals surface area contributed by atoms with Crippen LogP contribution >= 0.6 is 22.9 Å². The summed E-state index contributed by atoms with van der Waals surface area (Å²) < 4.78 is 14.6. The second-order valence-corrected chi connectivity index (χ2v) is 10.4. The molecule has 0 bridgehead atoms. The molecule has 0 aliphatic carbocycles. The third-order valence-electron chi connectivity index (χ3n) is 6.24. The standard InChI is InChI=1S/C30H24ClN5O3S/c1-3-15-39-23-12-9-19(10-13-23)28-32-30-36(34-28)29(37)26(40-30)17-21-18-35(22-7-5-4-6-8-22)33-27(21)20-11-14-25(38-2)24(31)16-20/h4-14,16-18H,3,15H2,1-2H3/b26-17-. The quantitative estimate of drug-likeness (QED) is 0.235. The van der Waals surface area contributed by atoms with E-state index in [4.69, 9.17) is 26.2 Å². The Kier molecular flexibility index (Phi) is 7.06. The predicted molar refractivity (Wildman–Crippen MR) is 158 cm³/mol. The second-order valence-electron chi connectivity index (χ2n) is 8.98. The summed E-state index contributed by atoms with van der Waals surface area (Å²) in [5, 5.41) is 9.80. The summed E-state index contributed by atoms with van der Waals surface area (Å²) >= 11 is 7.71. The number of para-hydroxylation sites is 1. The summed E-state index contributed by atoms with van der Waals surface area (Å²) in [6, 6.07) is 22.8. The predicted octanol–water partition coefficient (Wildman–Crippen LogP) is 5.67. The number of thiazole rings is 1. The molecule has 0 fully saturated rings. The van der Waals surface area contributed by atoms with Crippen molar-refractivity contribution in [2.24, 2.45) is 0 Å². The Morgan fingerprint density at radius 2 is 1.77 bits per heavy atom. The molecule has 0 amide bonds. The van der Waals surface area contributed by atoms with Crippen LogP contribution in [0.1, 0.15) is 18.9 Å². The summed E-state index contributed by atoms with van der Waals surface area (Å²) in [5.74, 6) is 1.85. The van der Waals surface area contributed by atoms with Crippen LogP contribution in [0, 0.1) is 0 Å². The molecule has 3 aromatic carbocycles. The van der Waals surface area contributed by atoms with Crippen LogP contribution in [-0.4, -0.2) is 38.1 Å². The summed E-state index contributed by atoms with van der Waals surface area (Å²) in [6.45, 7) is 2.72. The number of hydrogen-bond acceptors (Lipinski definition) is 7. The maximum absolute atomic E-state index is 13.4. The minimum atomic E-state index is -0.243. The van der Waals surface area contributed by atoms with E-state index < -0.39 is 0 Å². The average molecular weight is 570 g/mol. The Morgan fingerprint density at radius 1 is 1.00 bits per heavy atom. The molecule has 0 radical (unpaired) electrons. The molecule has 3 heterocycles. The second kappa shape index (κ2) is 11.0. The van der Waals surface area contributed by atoms with Gasteiger partial charge in [0, 0.05) is 22.9 Å². The number of halogens is 1. The van der Waals surface area contributed by atoms with E-state index in [0.717, 1.165) is 34.5 Å². The third-order valence-corrected chi connectivity index (χ3v) is 7.50. The number of fused-ring (bicyclic) bond motifs is 1. The Labute approximate surface area is 238 Å². The fraction of sp³-hybridized carbons (Fsp3) is 0.133. The van der Waals surface area contributed by atoms with Gasteiger partial charge in [0.1, 0.15) is 17.2 Å². The fourth-order valence-corrected chi connectivity index (χ4v) is 5.42. The molecule has 0 aliphatic rings. The third kappa shape index (κ3) is 4.97. The molecule has 8 nitrogen and oxygen atoms in total. The van der Waals surface area contributed by atoms with Crippen LogP contribution in [0.2, 0.25) is 5.02 Å². The van der Waals surface area contributed by atoms with E-state index in [1.54, 1.807) is 23.9 Å². The van der Waals surface area contributed by atoms with Crippen molar-refractivity contribution in [2.75, 3.05) is 13.7 Å². The van der Waals surface area contributed by atoms with Crippen molar-refractivity contribution in [1.82, 2.24) is 24.4 Å². The molecule has 6 rings (SSSR count). The van der Waals surface area contributed by atoms with Gasteiger partial charge in [-0.3, -0.25) is 4.79 Å². The summed E-state index contributed by atoms with van der Waals surface area (Å²) in [6.07, 6.45) is 4.66. The average Bonchev–Trinajstić information content (AvgIpc) is 3.67. The molecule has 3 aromatic heterocycles. The first kappa shape index (κ1) is 25.8. The van der Waals surface area contributed by atoms with Gasteiger partial charge in [-0.15, -0.1) is 5.10 Å². The zero-order valence-electron chi connectivity index (χ0n) is 21.7. The van der Waals surface area contributed by atoms with E-state index in [1.807, 2.05) is 72.9 Å². The molecule has 200 valence electrons. The van der Waals surface area contributed by atoms with Gasteiger partial charge in [0.05, 0.1) is 29.0 Å². The minimum Gasteiger partial charge on any atom is -0.495 e. The maximum Gasteiger partial charge on any atom is 0.291 e. The van der Waals surface area contributed by atoms with E-state index in [-0.39, 0.29) is 5.56 Å². The molecule has 6 aromatic rings. The molecular formula is C30H24ClN5O3S. The van der Waals surface area contributed by atoms with Crippen molar-refractivity contribution >= 4 is 34.0 Å². The molecule has 0 aliphatic heterocycles. The zero-order chi connectivity index (χ0) is 27.6. The van der Waals surface area contributed by atoms with Gasteiger partial charge in [-0.2, -0.15) is 14.6 Å². The van der Waals surface area contributed by atoms with Gasteiger partial charge >= 0.3 is 0 Å². The van der Waals surface area contributed by atoms with Crippen molar-refractivity contribution < 1.29 is 9.47 Å². The van der Waals surface area contributed by atoms with E-state index in [9.17, 15) is 4.79 Å². The zero-order valence-corrected chi connectivity index (χ0v) is 23.3. The van der Waals surface area contributed by atoms with Crippen LogP contribution in [0.15, 0.2) is 83.8 Å². The number of hydrogen-bond donors (Lipinski definition) is 0. The first-order valence-electron chi connectivity index (χ1n) is 12.7. The van der Waals surface area contributed by atoms with Crippen molar-refractivity contribution in [1.29, 1.82) is 0 Å². The van der Waals surface area contributed by atoms with Gasteiger partial charge in [-0.1, -0.05) is 48.1 Å². The number of methoxy groups -OCH3 is 1. The molecular weight excluding hydrogens is 546 g/mol. The van der Waals surface area contributed by atoms with Crippen molar-refractivity contribution in [2.45, 2.75) is 13.3 Å². The molecule has 0 spiro atoms. The number of ether oxygens (including phenoxy) is 2. The lowest BCUT2D eigenvalue weighted by atomic mass is 10.1. The Morgan fingerprint density at radius 3 is 2.48 bits per heavy atom. The Balaban J connectivity index is 1.41. The number of rotatable bonds is 8. The van der Waals surface area contributed by atoms with Crippen LogP contribution in [0.4, 0.5) is 0 Å². The van der Waals surface area contributed by atoms with Crippen molar-refractivity contribution in [3.63, 3.8) is 0 Å². The molecule has 0 saturated carbocycles. The van der Waals surface area contributed by atoms with Crippen molar-refractivity contribution in [3.8, 4) is 39.8 Å². The van der Waals surface area contributed by atoms with E-state index in [1.165, 1.54) is 15.9 Å². The summed E-state index contributed by atoms with van der Waals surface area (Å²) in [7, 11) is 1.57. The largest absolute Gasteiger partial charge is 0.495 e. The molecule has 10 heteroatoms. The van der Waals surface area contributed by atoms with Crippen LogP contribution in [0.25, 0.3) is 39.4 Å². The molecule has 0 unspecified atom stereocenters. The lowest BCUT2D eigenvalue weighted by Crippen LogP contribution is -2.23. The SMILES string of the molecule is CCCOc1ccc(-c2nc3s/c(=C\c4cn(-c5ccccc5)nc4-c4ccc(OC)c(Cl)c4)c(=O)n3n2)cc1. The molecule has 0 N–H and O–H groups in total. The highest BCUT2D eigenvalue weighted by atomic mass is 35.5. The summed E-state index contributed by atoms with van der Waals surface area (Å²) in [4.78, 5) is 18.5. The van der Waals surface area contributed by atoms with Gasteiger partial charge < -0.3 is 9.47 Å². The van der Waals surface area contributed by atoms with Crippen LogP contribution in [-0.2, 0) is 0 Å². The topological polar surface area (TPSA) is 83.5 Å². The minimum absolute atomic E-state index is 0.243. The highest BCUT2D eigenvalue weighted by molar-refractivity contribution is 7.15. The summed E-state index contributed by atoms with van der Waals surface area (Å²) in [5.41, 5.74) is 3.70. The van der Waals surface area contributed by atoms with E-state index in [0.29, 0.717) is 38.4 Å². The van der Waals surface area contributed by atoms with Crippen molar-refractivity contribution in [3.05, 3.63) is 104 Å². The Bertz CT molecular complexity index is 1910. The van der Waals surface area contributed by atoms with E-state index >= 15 is 0 Å². The lowest BCUT2D eigenvalue weighted by Gasteiger charge is -2.05. The van der Waals surface area contributed by atoms with Crippen LogP contribution < -0.4 is 19.6 Å². The first-order chi connectivity index (χ1) is 19.5. The lowest BCUT2D eigenvalue weighted by molar-refractivity contribution is 0.317. The Hall–Kier alpha value is -4.47. The number of aromatic nitrogens is 5. The fourth-order valence-electron chi connectivity index (χ4n) is 4.26. The normalized spacial score (nSPS) is 11.8. The highest BCUT2D eigenvalue weighted by Gasteiger charge is 2.16. The van der Waals surface area contributed by atoms with Gasteiger partial charge in [-0.05, 0) is 67.1 Å².